The quantitative estimate of drug-likeness (QED) is 0.468. The number of carbonyl (C=O) groups excluding carboxylic acids is 1. The summed E-state index contributed by atoms with van der Waals surface area (Å²) >= 11 is 0.954. The van der Waals surface area contributed by atoms with Crippen molar-refractivity contribution in [1.82, 2.24) is 10.6 Å². The highest BCUT2D eigenvalue weighted by molar-refractivity contribution is 7.13. The van der Waals surface area contributed by atoms with Crippen LogP contribution in [0.25, 0.3) is 0 Å². The van der Waals surface area contributed by atoms with E-state index in [2.05, 4.69) is 10.6 Å². The largest absolute Gasteiger partial charge is 0.351 e. The Morgan fingerprint density at radius 1 is 1.53 bits per heavy atom. The van der Waals surface area contributed by atoms with E-state index in [0.717, 1.165) is 17.9 Å². The third-order valence-corrected chi connectivity index (χ3v) is 2.75. The molecular weight excluding hydrogens is 266 g/mol. The molecule has 1 heterocycles. The van der Waals surface area contributed by atoms with Crippen LogP contribution in [0.15, 0.2) is 11.4 Å². The average molecular weight is 280 g/mol. The van der Waals surface area contributed by atoms with Crippen LogP contribution in [0.3, 0.4) is 0 Å². The summed E-state index contributed by atoms with van der Waals surface area (Å²) in [6, 6.07) is 1.28. The average Bonchev–Trinajstić information content (AvgIpc) is 2.73. The second-order valence-corrected chi connectivity index (χ2v) is 3.93. The van der Waals surface area contributed by atoms with Crippen LogP contribution in [0.4, 0.5) is 5.00 Å². The number of rotatable bonds is 6. The van der Waals surface area contributed by atoms with Gasteiger partial charge in [0.2, 0.25) is 0 Å². The van der Waals surface area contributed by atoms with Gasteiger partial charge in [-0.25, -0.2) is 0 Å². The minimum Gasteiger partial charge on any atom is -0.351 e. The summed E-state index contributed by atoms with van der Waals surface area (Å²) < 4.78 is 0. The van der Waals surface area contributed by atoms with Crippen LogP contribution in [0.5, 0.6) is 0 Å². The van der Waals surface area contributed by atoms with Gasteiger partial charge in [-0.2, -0.15) is 0 Å². The number of likely N-dealkylation sites (N-methyl/N-ethyl adjacent to an activating group) is 1. The lowest BCUT2D eigenvalue weighted by atomic mass is 10.3. The fourth-order valence-electron chi connectivity index (χ4n) is 1.08. The Kier molecular flexibility index (Phi) is 7.44. The Bertz CT molecular complexity index is 383. The van der Waals surface area contributed by atoms with Crippen LogP contribution >= 0.6 is 23.7 Å². The Labute approximate surface area is 109 Å². The molecule has 0 atom stereocenters. The third kappa shape index (κ3) is 5.12. The van der Waals surface area contributed by atoms with E-state index in [9.17, 15) is 14.9 Å². The van der Waals surface area contributed by atoms with Gasteiger partial charge in [-0.3, -0.25) is 14.9 Å². The highest BCUT2D eigenvalue weighted by Crippen LogP contribution is 2.22. The first kappa shape index (κ1) is 15.8. The van der Waals surface area contributed by atoms with E-state index in [1.807, 2.05) is 6.92 Å². The van der Waals surface area contributed by atoms with E-state index >= 15 is 0 Å². The molecule has 17 heavy (non-hydrogen) atoms. The summed E-state index contributed by atoms with van der Waals surface area (Å²) in [4.78, 5) is 21.4. The SMILES string of the molecule is CCNCCNC(=O)c1csc([N+](=O)[O-])c1.Cl. The number of hydrogen-bond donors (Lipinski definition) is 2. The normalized spacial score (nSPS) is 9.47. The summed E-state index contributed by atoms with van der Waals surface area (Å²) in [6.07, 6.45) is 0. The molecular formula is C9H14ClN3O3S. The van der Waals surface area contributed by atoms with Gasteiger partial charge in [0, 0.05) is 24.5 Å². The minimum atomic E-state index is -0.500. The summed E-state index contributed by atoms with van der Waals surface area (Å²) in [5, 5.41) is 17.6. The molecule has 0 saturated heterocycles. The van der Waals surface area contributed by atoms with Crippen LogP contribution in [-0.4, -0.2) is 30.5 Å². The standard InChI is InChI=1S/C9H13N3O3S.ClH/c1-2-10-3-4-11-9(13)7-5-8(12(14)15)16-6-7;/h5-6,10H,2-4H2,1H3,(H,11,13);1H. The van der Waals surface area contributed by atoms with Gasteiger partial charge in [0.1, 0.15) is 0 Å². The van der Waals surface area contributed by atoms with E-state index in [1.54, 1.807) is 0 Å². The van der Waals surface area contributed by atoms with Gasteiger partial charge in [-0.1, -0.05) is 18.3 Å². The summed E-state index contributed by atoms with van der Waals surface area (Å²) in [7, 11) is 0. The number of halogens is 1. The molecule has 1 rings (SSSR count). The first-order valence-electron chi connectivity index (χ1n) is 4.87. The zero-order valence-corrected chi connectivity index (χ0v) is 10.9. The first-order valence-corrected chi connectivity index (χ1v) is 5.75. The van der Waals surface area contributed by atoms with E-state index in [1.165, 1.54) is 11.4 Å². The lowest BCUT2D eigenvalue weighted by Gasteiger charge is -2.03. The van der Waals surface area contributed by atoms with Crippen molar-refractivity contribution in [3.63, 3.8) is 0 Å². The van der Waals surface area contributed by atoms with Crippen molar-refractivity contribution in [1.29, 1.82) is 0 Å². The van der Waals surface area contributed by atoms with Crippen molar-refractivity contribution < 1.29 is 9.72 Å². The number of hydrogen-bond acceptors (Lipinski definition) is 5. The molecule has 0 bridgehead atoms. The van der Waals surface area contributed by atoms with Gasteiger partial charge in [0.25, 0.3) is 5.91 Å². The van der Waals surface area contributed by atoms with E-state index in [-0.39, 0.29) is 23.3 Å². The maximum absolute atomic E-state index is 11.5. The lowest BCUT2D eigenvalue weighted by Crippen LogP contribution is -2.31. The topological polar surface area (TPSA) is 84.3 Å². The highest BCUT2D eigenvalue weighted by atomic mass is 35.5. The monoisotopic (exact) mass is 279 g/mol. The number of amides is 1. The molecule has 8 heteroatoms. The summed E-state index contributed by atoms with van der Waals surface area (Å²) in [6.45, 7) is 4.02. The molecule has 0 saturated carbocycles. The molecule has 1 amide bonds. The fourth-order valence-corrected chi connectivity index (χ4v) is 1.79. The van der Waals surface area contributed by atoms with Crippen molar-refractivity contribution in [3.8, 4) is 0 Å². The molecule has 2 N–H and O–H groups in total. The maximum atomic E-state index is 11.5. The van der Waals surface area contributed by atoms with Gasteiger partial charge in [-0.05, 0) is 6.54 Å². The Morgan fingerprint density at radius 3 is 2.76 bits per heavy atom. The predicted octanol–water partition coefficient (Wildman–Crippen LogP) is 1.42. The first-order chi connectivity index (χ1) is 7.65. The fraction of sp³-hybridized carbons (Fsp3) is 0.444. The molecule has 0 spiro atoms. The Morgan fingerprint density at radius 2 is 2.24 bits per heavy atom. The number of nitro groups is 1. The Balaban J connectivity index is 0.00000256. The predicted molar refractivity (Wildman–Crippen MR) is 69.1 cm³/mol. The Hall–Kier alpha value is -1.18. The van der Waals surface area contributed by atoms with Gasteiger partial charge < -0.3 is 10.6 Å². The maximum Gasteiger partial charge on any atom is 0.324 e. The van der Waals surface area contributed by atoms with E-state index in [0.29, 0.717) is 18.7 Å². The zero-order chi connectivity index (χ0) is 12.0. The van der Waals surface area contributed by atoms with Crippen LogP contribution in [0, 0.1) is 10.1 Å². The molecule has 96 valence electrons. The van der Waals surface area contributed by atoms with Crippen molar-refractivity contribution in [2.45, 2.75) is 6.92 Å². The molecule has 0 unspecified atom stereocenters. The molecule has 0 aliphatic carbocycles. The second-order valence-electron chi connectivity index (χ2n) is 3.04. The van der Waals surface area contributed by atoms with E-state index < -0.39 is 4.92 Å². The lowest BCUT2D eigenvalue weighted by molar-refractivity contribution is -0.380. The number of thiophene rings is 1. The minimum absolute atomic E-state index is 0. The number of carbonyl (C=O) groups is 1. The molecule has 0 aromatic carbocycles. The van der Waals surface area contributed by atoms with Crippen molar-refractivity contribution in [3.05, 3.63) is 27.1 Å². The molecule has 6 nitrogen and oxygen atoms in total. The van der Waals surface area contributed by atoms with Gasteiger partial charge in [-0.15, -0.1) is 12.4 Å². The van der Waals surface area contributed by atoms with Crippen molar-refractivity contribution >= 4 is 34.7 Å². The van der Waals surface area contributed by atoms with Gasteiger partial charge >= 0.3 is 5.00 Å². The number of nitrogens with zero attached hydrogens (tertiary/aromatic N) is 1. The second kappa shape index (κ2) is 7.99. The molecule has 0 radical (unpaired) electrons. The van der Waals surface area contributed by atoms with Crippen LogP contribution < -0.4 is 10.6 Å². The van der Waals surface area contributed by atoms with Gasteiger partial charge in [0.15, 0.2) is 0 Å². The van der Waals surface area contributed by atoms with Crippen LogP contribution in [0.1, 0.15) is 17.3 Å². The summed E-state index contributed by atoms with van der Waals surface area (Å²) in [5.74, 6) is -0.276. The zero-order valence-electron chi connectivity index (χ0n) is 9.26. The summed E-state index contributed by atoms with van der Waals surface area (Å²) in [5.41, 5.74) is 0.341. The molecule has 1 aromatic heterocycles. The van der Waals surface area contributed by atoms with E-state index in [4.69, 9.17) is 0 Å². The van der Waals surface area contributed by atoms with Crippen LogP contribution in [-0.2, 0) is 0 Å². The van der Waals surface area contributed by atoms with Crippen molar-refractivity contribution in [2.24, 2.45) is 0 Å². The molecule has 1 aromatic rings. The van der Waals surface area contributed by atoms with Crippen LogP contribution in [0.2, 0.25) is 0 Å². The highest BCUT2D eigenvalue weighted by Gasteiger charge is 2.14. The smallest absolute Gasteiger partial charge is 0.324 e. The third-order valence-electron chi connectivity index (χ3n) is 1.87. The molecule has 0 fully saturated rings. The molecule has 0 aliphatic rings. The van der Waals surface area contributed by atoms with Gasteiger partial charge in [0.05, 0.1) is 10.5 Å². The number of nitrogens with one attached hydrogen (secondary N) is 2. The van der Waals surface area contributed by atoms with Crippen molar-refractivity contribution in [2.75, 3.05) is 19.6 Å². The molecule has 0 aliphatic heterocycles.